The van der Waals surface area contributed by atoms with Gasteiger partial charge in [-0.2, -0.15) is 0 Å². The van der Waals surface area contributed by atoms with Crippen molar-refractivity contribution in [1.29, 1.82) is 0 Å². The molecule has 3 aromatic carbocycles. The number of aromatic nitrogens is 1. The molecule has 1 amide bonds. The molecule has 0 bridgehead atoms. The minimum absolute atomic E-state index is 0.0795. The quantitative estimate of drug-likeness (QED) is 0.371. The lowest BCUT2D eigenvalue weighted by Gasteiger charge is -2.33. The maximum absolute atomic E-state index is 13.3. The average Bonchev–Trinajstić information content (AvgIpc) is 3.30. The summed E-state index contributed by atoms with van der Waals surface area (Å²) in [5, 5.41) is 7.67. The second-order valence-electron chi connectivity index (χ2n) is 10.2. The number of hydrogen-bond acceptors (Lipinski definition) is 4. The van der Waals surface area contributed by atoms with Crippen molar-refractivity contribution < 1.29 is 9.53 Å². The molecule has 0 aliphatic carbocycles. The monoisotopic (exact) mass is 494 g/mol. The van der Waals surface area contributed by atoms with Crippen molar-refractivity contribution in [1.82, 2.24) is 9.88 Å². The van der Waals surface area contributed by atoms with Crippen molar-refractivity contribution in [2.45, 2.75) is 38.3 Å². The van der Waals surface area contributed by atoms with Gasteiger partial charge < -0.3 is 24.8 Å². The molecule has 2 N–H and O–H groups in total. The average molecular weight is 495 g/mol. The number of anilines is 2. The summed E-state index contributed by atoms with van der Waals surface area (Å²) in [4.78, 5) is 15.7. The molecule has 37 heavy (non-hydrogen) atoms. The molecule has 190 valence electrons. The van der Waals surface area contributed by atoms with Crippen LogP contribution < -0.4 is 20.3 Å². The zero-order chi connectivity index (χ0) is 25.2. The lowest BCUT2D eigenvalue weighted by Crippen LogP contribution is -2.34. The maximum Gasteiger partial charge on any atom is 0.255 e. The van der Waals surface area contributed by atoms with Gasteiger partial charge in [0.25, 0.3) is 5.91 Å². The van der Waals surface area contributed by atoms with Crippen LogP contribution in [-0.4, -0.2) is 36.2 Å². The first-order chi connectivity index (χ1) is 18.1. The van der Waals surface area contributed by atoms with Crippen LogP contribution in [0.4, 0.5) is 11.4 Å². The van der Waals surface area contributed by atoms with E-state index in [1.54, 1.807) is 0 Å². The number of rotatable bonds is 6. The molecule has 6 heteroatoms. The Labute approximate surface area is 218 Å². The van der Waals surface area contributed by atoms with Gasteiger partial charge in [0, 0.05) is 42.8 Å². The van der Waals surface area contributed by atoms with Gasteiger partial charge in [-0.1, -0.05) is 24.3 Å². The van der Waals surface area contributed by atoms with Crippen LogP contribution >= 0.6 is 0 Å². The number of amides is 1. The molecular weight excluding hydrogens is 460 g/mol. The summed E-state index contributed by atoms with van der Waals surface area (Å²) in [6, 6.07) is 22.7. The first-order valence-electron chi connectivity index (χ1n) is 13.3. The molecule has 0 atom stereocenters. The van der Waals surface area contributed by atoms with E-state index in [9.17, 15) is 4.79 Å². The van der Waals surface area contributed by atoms with Crippen molar-refractivity contribution >= 4 is 28.2 Å². The Morgan fingerprint density at radius 2 is 1.89 bits per heavy atom. The molecule has 2 aliphatic heterocycles. The number of fused-ring (bicyclic) bond motifs is 2. The highest BCUT2D eigenvalue weighted by Crippen LogP contribution is 2.36. The minimum atomic E-state index is -0.0795. The van der Waals surface area contributed by atoms with Crippen molar-refractivity contribution in [3.8, 4) is 5.75 Å². The first kappa shape index (κ1) is 23.6. The number of aryl methyl sites for hydroxylation is 2. The third-order valence-electron chi connectivity index (χ3n) is 7.59. The molecule has 4 aromatic rings. The summed E-state index contributed by atoms with van der Waals surface area (Å²) in [5.41, 5.74) is 6.32. The van der Waals surface area contributed by atoms with E-state index in [4.69, 9.17) is 4.74 Å². The topological polar surface area (TPSA) is 58.5 Å². The highest BCUT2D eigenvalue weighted by atomic mass is 16.5. The lowest BCUT2D eigenvalue weighted by molar-refractivity contribution is 0.102. The van der Waals surface area contributed by atoms with Crippen molar-refractivity contribution in [3.63, 3.8) is 0 Å². The molecular formula is C31H34N4O2. The van der Waals surface area contributed by atoms with E-state index in [2.05, 4.69) is 50.4 Å². The third kappa shape index (κ3) is 5.07. The second-order valence-corrected chi connectivity index (χ2v) is 10.2. The number of carbonyl (C=O) groups is 1. The van der Waals surface area contributed by atoms with Gasteiger partial charge in [-0.3, -0.25) is 4.79 Å². The van der Waals surface area contributed by atoms with Crippen LogP contribution in [0.2, 0.25) is 0 Å². The maximum atomic E-state index is 13.3. The van der Waals surface area contributed by atoms with E-state index in [-0.39, 0.29) is 5.91 Å². The summed E-state index contributed by atoms with van der Waals surface area (Å²) in [6.07, 6.45) is 6.56. The fraction of sp³-hybridized carbons (Fsp3) is 0.323. The number of benzene rings is 3. The van der Waals surface area contributed by atoms with Crippen molar-refractivity contribution in [3.05, 3.63) is 89.6 Å². The Balaban J connectivity index is 1.19. The Kier molecular flexibility index (Phi) is 6.58. The van der Waals surface area contributed by atoms with Gasteiger partial charge in [0.15, 0.2) is 0 Å². The van der Waals surface area contributed by atoms with E-state index >= 15 is 0 Å². The van der Waals surface area contributed by atoms with Crippen LogP contribution in [0.25, 0.3) is 10.9 Å². The summed E-state index contributed by atoms with van der Waals surface area (Å²) in [6.45, 7) is 3.81. The molecule has 1 saturated heterocycles. The number of ether oxygens (including phenoxy) is 1. The molecule has 0 saturated carbocycles. The standard InChI is InChI=1S/C31H34N4O2/c1-34-19-15-24-20-25(9-12-29(24)34)31(36)33-28-6-2-4-23-5-3-18-35(30(23)28)21-22-7-10-26(11-8-22)37-27-13-16-32-17-14-27/h2,4,6-12,15,19-20,27,32H,3,5,13-14,16-18,21H2,1H3,(H,33,36). The van der Waals surface area contributed by atoms with Gasteiger partial charge >= 0.3 is 0 Å². The van der Waals surface area contributed by atoms with Gasteiger partial charge in [0.2, 0.25) is 0 Å². The zero-order valence-electron chi connectivity index (χ0n) is 21.4. The zero-order valence-corrected chi connectivity index (χ0v) is 21.4. The van der Waals surface area contributed by atoms with Crippen LogP contribution in [0.1, 0.15) is 40.7 Å². The molecule has 1 fully saturated rings. The predicted octanol–water partition coefficient (Wildman–Crippen LogP) is 5.51. The Morgan fingerprint density at radius 1 is 1.05 bits per heavy atom. The molecule has 2 aliphatic rings. The van der Waals surface area contributed by atoms with Gasteiger partial charge in [-0.15, -0.1) is 0 Å². The molecule has 6 rings (SSSR count). The van der Waals surface area contributed by atoms with E-state index in [0.29, 0.717) is 11.7 Å². The van der Waals surface area contributed by atoms with Crippen LogP contribution in [-0.2, 0) is 20.0 Å². The molecule has 0 spiro atoms. The number of hydrogen-bond donors (Lipinski definition) is 2. The van der Waals surface area contributed by atoms with Crippen LogP contribution in [0, 0.1) is 0 Å². The number of carbonyl (C=O) groups excluding carboxylic acids is 1. The molecule has 6 nitrogen and oxygen atoms in total. The summed E-state index contributed by atoms with van der Waals surface area (Å²) in [7, 11) is 2.02. The minimum Gasteiger partial charge on any atom is -0.490 e. The predicted molar refractivity (Wildman–Crippen MR) is 150 cm³/mol. The van der Waals surface area contributed by atoms with Crippen LogP contribution in [0.3, 0.4) is 0 Å². The SMILES string of the molecule is Cn1ccc2cc(C(=O)Nc3cccc4c3N(Cc3ccc(OC5CCNCC5)cc3)CCC4)ccc21. The summed E-state index contributed by atoms with van der Waals surface area (Å²) >= 11 is 0. The highest BCUT2D eigenvalue weighted by molar-refractivity contribution is 6.08. The van der Waals surface area contributed by atoms with E-state index < -0.39 is 0 Å². The molecule has 0 radical (unpaired) electrons. The molecule has 1 aromatic heterocycles. The van der Waals surface area contributed by atoms with E-state index in [0.717, 1.165) is 79.9 Å². The largest absolute Gasteiger partial charge is 0.490 e. The number of nitrogens with one attached hydrogen (secondary N) is 2. The Bertz CT molecular complexity index is 1400. The van der Waals surface area contributed by atoms with E-state index in [1.165, 1.54) is 11.1 Å². The van der Waals surface area contributed by atoms with Gasteiger partial charge in [0.1, 0.15) is 11.9 Å². The van der Waals surface area contributed by atoms with Crippen molar-refractivity contribution in [2.24, 2.45) is 7.05 Å². The van der Waals surface area contributed by atoms with Crippen molar-refractivity contribution in [2.75, 3.05) is 29.9 Å². The summed E-state index contributed by atoms with van der Waals surface area (Å²) < 4.78 is 8.25. The fourth-order valence-electron chi connectivity index (χ4n) is 5.61. The molecule has 3 heterocycles. The number of nitrogens with zero attached hydrogens (tertiary/aromatic N) is 2. The van der Waals surface area contributed by atoms with Gasteiger partial charge in [0.05, 0.1) is 11.4 Å². The Hall–Kier alpha value is -3.77. The number of piperidine rings is 1. The van der Waals surface area contributed by atoms with Gasteiger partial charge in [-0.25, -0.2) is 0 Å². The van der Waals surface area contributed by atoms with E-state index in [1.807, 2.05) is 49.6 Å². The fourth-order valence-corrected chi connectivity index (χ4v) is 5.61. The highest BCUT2D eigenvalue weighted by Gasteiger charge is 2.22. The van der Waals surface area contributed by atoms with Crippen LogP contribution in [0.15, 0.2) is 72.9 Å². The second kappa shape index (κ2) is 10.3. The first-order valence-corrected chi connectivity index (χ1v) is 13.3. The third-order valence-corrected chi connectivity index (χ3v) is 7.59. The lowest BCUT2D eigenvalue weighted by atomic mass is 9.99. The van der Waals surface area contributed by atoms with Gasteiger partial charge in [-0.05, 0) is 92.4 Å². The number of para-hydroxylation sites is 1. The summed E-state index contributed by atoms with van der Waals surface area (Å²) in [5.74, 6) is 0.863. The Morgan fingerprint density at radius 3 is 2.73 bits per heavy atom. The van der Waals surface area contributed by atoms with Crippen LogP contribution in [0.5, 0.6) is 5.75 Å². The smallest absolute Gasteiger partial charge is 0.255 e. The normalized spacial score (nSPS) is 16.0. The molecule has 0 unspecified atom stereocenters.